The largest absolute Gasteiger partial charge is 0.494 e. The number of ether oxygens (including phenoxy) is 1. The minimum absolute atomic E-state index is 0.527. The van der Waals surface area contributed by atoms with E-state index in [1.807, 2.05) is 13.0 Å². The highest BCUT2D eigenvalue weighted by atomic mass is 79.9. The van der Waals surface area contributed by atoms with Gasteiger partial charge in [0, 0.05) is 4.83 Å². The maximum atomic E-state index is 5.43. The van der Waals surface area contributed by atoms with Gasteiger partial charge in [-0.25, -0.2) is 0 Å². The molecule has 1 rings (SSSR count). The topological polar surface area (TPSA) is 9.23 Å². The first kappa shape index (κ1) is 11.6. The van der Waals surface area contributed by atoms with E-state index < -0.39 is 0 Å². The second-order valence-corrected chi connectivity index (χ2v) is 5.07. The van der Waals surface area contributed by atoms with Gasteiger partial charge in [0.2, 0.25) is 0 Å². The van der Waals surface area contributed by atoms with Gasteiger partial charge in [-0.3, -0.25) is 0 Å². The molecule has 0 amide bonds. The van der Waals surface area contributed by atoms with Crippen molar-refractivity contribution < 1.29 is 4.74 Å². The van der Waals surface area contributed by atoms with E-state index in [0.29, 0.717) is 4.83 Å². The van der Waals surface area contributed by atoms with Crippen molar-refractivity contribution in [2.24, 2.45) is 0 Å². The lowest BCUT2D eigenvalue weighted by atomic mass is 10.0. The first-order chi connectivity index (χ1) is 6.63. The summed E-state index contributed by atoms with van der Waals surface area (Å²) >= 11 is 3.56. The molecule has 0 aromatic heterocycles. The number of hydrogen-bond donors (Lipinski definition) is 0. The van der Waals surface area contributed by atoms with Gasteiger partial charge in [0.25, 0.3) is 0 Å². The third kappa shape index (κ3) is 3.33. The Kier molecular flexibility index (Phi) is 4.46. The molecule has 0 bridgehead atoms. The maximum Gasteiger partial charge on any atom is 0.119 e. The van der Waals surface area contributed by atoms with Crippen molar-refractivity contribution in [1.82, 2.24) is 0 Å². The molecule has 0 saturated carbocycles. The summed E-state index contributed by atoms with van der Waals surface area (Å²) < 4.78 is 5.43. The minimum atomic E-state index is 0.527. The van der Waals surface area contributed by atoms with Gasteiger partial charge < -0.3 is 4.74 Å². The van der Waals surface area contributed by atoms with E-state index in [0.717, 1.165) is 18.8 Å². The average Bonchev–Trinajstić information content (AvgIpc) is 2.10. The fourth-order valence-corrected chi connectivity index (χ4v) is 1.81. The molecular formula is C12H17BrO. The number of rotatable bonds is 4. The molecular weight excluding hydrogens is 240 g/mol. The number of benzene rings is 1. The third-order valence-corrected chi connectivity index (χ3v) is 2.45. The van der Waals surface area contributed by atoms with E-state index in [1.165, 1.54) is 11.1 Å². The van der Waals surface area contributed by atoms with Crippen molar-refractivity contribution in [1.29, 1.82) is 0 Å². The zero-order chi connectivity index (χ0) is 10.6. The highest BCUT2D eigenvalue weighted by Gasteiger charge is 2.03. The first-order valence-corrected chi connectivity index (χ1v) is 5.91. The Hall–Kier alpha value is -0.500. The van der Waals surface area contributed by atoms with Crippen LogP contribution in [0, 0.1) is 6.92 Å². The van der Waals surface area contributed by atoms with E-state index >= 15 is 0 Å². The van der Waals surface area contributed by atoms with Gasteiger partial charge in [-0.05, 0) is 43.5 Å². The molecule has 1 nitrogen and oxygen atoms in total. The molecule has 0 fully saturated rings. The summed E-state index contributed by atoms with van der Waals surface area (Å²) in [4.78, 5) is 0.527. The first-order valence-electron chi connectivity index (χ1n) is 5.00. The molecule has 0 saturated heterocycles. The summed E-state index contributed by atoms with van der Waals surface area (Å²) in [5.74, 6) is 0.968. The smallest absolute Gasteiger partial charge is 0.119 e. The van der Waals surface area contributed by atoms with Gasteiger partial charge in [0.1, 0.15) is 5.75 Å². The lowest BCUT2D eigenvalue weighted by Crippen LogP contribution is -2.00. The Morgan fingerprint density at radius 1 is 1.43 bits per heavy atom. The second kappa shape index (κ2) is 5.40. The SMILES string of the molecule is CCOc1ccc(CC(C)Br)c(C)c1. The molecule has 0 aliphatic carbocycles. The van der Waals surface area contributed by atoms with Gasteiger partial charge in [-0.15, -0.1) is 0 Å². The molecule has 0 aliphatic heterocycles. The summed E-state index contributed by atoms with van der Waals surface area (Å²) in [6.07, 6.45) is 1.07. The van der Waals surface area contributed by atoms with E-state index in [9.17, 15) is 0 Å². The van der Waals surface area contributed by atoms with Crippen LogP contribution in [0.5, 0.6) is 5.75 Å². The summed E-state index contributed by atoms with van der Waals surface area (Å²) in [6.45, 7) is 7.03. The van der Waals surface area contributed by atoms with E-state index in [1.54, 1.807) is 0 Å². The van der Waals surface area contributed by atoms with Crippen LogP contribution in [0.3, 0.4) is 0 Å². The average molecular weight is 257 g/mol. The van der Waals surface area contributed by atoms with Crippen molar-refractivity contribution in [3.8, 4) is 5.75 Å². The summed E-state index contributed by atoms with van der Waals surface area (Å²) in [6, 6.07) is 6.30. The standard InChI is InChI=1S/C12H17BrO/c1-4-14-12-6-5-11(8-10(3)13)9(2)7-12/h5-7,10H,4,8H2,1-3H3. The fraction of sp³-hybridized carbons (Fsp3) is 0.500. The number of aryl methyl sites for hydroxylation is 1. The van der Waals surface area contributed by atoms with Gasteiger partial charge in [-0.1, -0.05) is 28.9 Å². The van der Waals surface area contributed by atoms with E-state index in [-0.39, 0.29) is 0 Å². The van der Waals surface area contributed by atoms with Crippen molar-refractivity contribution in [2.75, 3.05) is 6.61 Å². The quantitative estimate of drug-likeness (QED) is 0.747. The lowest BCUT2D eigenvalue weighted by molar-refractivity contribution is 0.340. The van der Waals surface area contributed by atoms with Gasteiger partial charge in [0.05, 0.1) is 6.61 Å². The molecule has 1 atom stereocenters. The number of hydrogen-bond acceptors (Lipinski definition) is 1. The summed E-state index contributed by atoms with van der Waals surface area (Å²) in [7, 11) is 0. The Morgan fingerprint density at radius 2 is 2.14 bits per heavy atom. The van der Waals surface area contributed by atoms with E-state index in [2.05, 4.69) is 41.9 Å². The van der Waals surface area contributed by atoms with Gasteiger partial charge in [0.15, 0.2) is 0 Å². The molecule has 0 heterocycles. The predicted octanol–water partition coefficient (Wildman–Crippen LogP) is 3.72. The Balaban J connectivity index is 2.79. The van der Waals surface area contributed by atoms with Crippen LogP contribution in [-0.2, 0) is 6.42 Å². The summed E-state index contributed by atoms with van der Waals surface area (Å²) in [5.41, 5.74) is 2.69. The van der Waals surface area contributed by atoms with Gasteiger partial charge in [-0.2, -0.15) is 0 Å². The Bertz CT molecular complexity index is 294. The van der Waals surface area contributed by atoms with Crippen LogP contribution in [-0.4, -0.2) is 11.4 Å². The van der Waals surface area contributed by atoms with Crippen molar-refractivity contribution in [3.63, 3.8) is 0 Å². The van der Waals surface area contributed by atoms with Crippen LogP contribution in [0.15, 0.2) is 18.2 Å². The molecule has 1 unspecified atom stereocenters. The van der Waals surface area contributed by atoms with Crippen LogP contribution in [0.25, 0.3) is 0 Å². The zero-order valence-corrected chi connectivity index (χ0v) is 10.6. The third-order valence-electron chi connectivity index (χ3n) is 2.13. The molecule has 14 heavy (non-hydrogen) atoms. The Labute approximate surface area is 94.6 Å². The Morgan fingerprint density at radius 3 is 2.64 bits per heavy atom. The van der Waals surface area contributed by atoms with Crippen LogP contribution in [0.1, 0.15) is 25.0 Å². The monoisotopic (exact) mass is 256 g/mol. The number of alkyl halides is 1. The number of halogens is 1. The fourth-order valence-electron chi connectivity index (χ4n) is 1.46. The summed E-state index contributed by atoms with van der Waals surface area (Å²) in [5, 5.41) is 0. The predicted molar refractivity (Wildman–Crippen MR) is 64.4 cm³/mol. The minimum Gasteiger partial charge on any atom is -0.494 e. The second-order valence-electron chi connectivity index (χ2n) is 3.51. The zero-order valence-electron chi connectivity index (χ0n) is 9.01. The van der Waals surface area contributed by atoms with Crippen LogP contribution in [0.4, 0.5) is 0 Å². The van der Waals surface area contributed by atoms with Crippen LogP contribution >= 0.6 is 15.9 Å². The molecule has 1 aromatic rings. The molecule has 2 heteroatoms. The highest BCUT2D eigenvalue weighted by molar-refractivity contribution is 9.09. The molecule has 78 valence electrons. The molecule has 0 spiro atoms. The van der Waals surface area contributed by atoms with Crippen molar-refractivity contribution in [2.45, 2.75) is 32.0 Å². The lowest BCUT2D eigenvalue weighted by Gasteiger charge is -2.10. The highest BCUT2D eigenvalue weighted by Crippen LogP contribution is 2.19. The molecule has 1 aromatic carbocycles. The molecule has 0 aliphatic rings. The molecule has 0 N–H and O–H groups in total. The van der Waals surface area contributed by atoms with Crippen LogP contribution < -0.4 is 4.74 Å². The van der Waals surface area contributed by atoms with E-state index in [4.69, 9.17) is 4.74 Å². The van der Waals surface area contributed by atoms with Gasteiger partial charge >= 0.3 is 0 Å². The maximum absolute atomic E-state index is 5.43. The normalized spacial score (nSPS) is 12.6. The van der Waals surface area contributed by atoms with Crippen molar-refractivity contribution >= 4 is 15.9 Å². The molecule has 0 radical (unpaired) electrons. The van der Waals surface area contributed by atoms with Crippen molar-refractivity contribution in [3.05, 3.63) is 29.3 Å². The van der Waals surface area contributed by atoms with Crippen LogP contribution in [0.2, 0.25) is 0 Å².